The maximum Gasteiger partial charge on any atom is 0.341 e. The van der Waals surface area contributed by atoms with Gasteiger partial charge in [0.1, 0.15) is 23.3 Å². The van der Waals surface area contributed by atoms with E-state index in [0.29, 0.717) is 22.5 Å². The molecule has 0 unspecified atom stereocenters. The van der Waals surface area contributed by atoms with Gasteiger partial charge < -0.3 is 9.47 Å². The second-order valence-corrected chi connectivity index (χ2v) is 6.44. The monoisotopic (exact) mass is 388 g/mol. The van der Waals surface area contributed by atoms with Crippen molar-refractivity contribution in [3.8, 4) is 28.3 Å². The van der Waals surface area contributed by atoms with Crippen LogP contribution >= 0.6 is 0 Å². The number of methoxy groups -OCH3 is 1. The molecule has 7 nitrogen and oxygen atoms in total. The van der Waals surface area contributed by atoms with Crippen molar-refractivity contribution in [2.45, 2.75) is 6.92 Å². The van der Waals surface area contributed by atoms with Crippen molar-refractivity contribution < 1.29 is 14.3 Å². The fourth-order valence-electron chi connectivity index (χ4n) is 3.31. The highest BCUT2D eigenvalue weighted by Crippen LogP contribution is 2.35. The minimum atomic E-state index is -0.449. The van der Waals surface area contributed by atoms with Gasteiger partial charge >= 0.3 is 5.97 Å². The lowest BCUT2D eigenvalue weighted by Gasteiger charge is -2.11. The van der Waals surface area contributed by atoms with Crippen LogP contribution in [0, 0.1) is 0 Å². The molecule has 0 bridgehead atoms. The summed E-state index contributed by atoms with van der Waals surface area (Å²) in [4.78, 5) is 21.3. The first kappa shape index (κ1) is 18.6. The van der Waals surface area contributed by atoms with Crippen LogP contribution in [0.2, 0.25) is 0 Å². The van der Waals surface area contributed by atoms with Crippen molar-refractivity contribution in [3.05, 3.63) is 60.6 Å². The van der Waals surface area contributed by atoms with Crippen LogP contribution in [0.25, 0.3) is 33.4 Å². The lowest BCUT2D eigenvalue weighted by molar-refractivity contribution is 0.0523. The van der Waals surface area contributed by atoms with Gasteiger partial charge in [-0.05, 0) is 13.0 Å². The largest absolute Gasteiger partial charge is 0.496 e. The maximum atomic E-state index is 12.4. The second-order valence-electron chi connectivity index (χ2n) is 6.44. The summed E-state index contributed by atoms with van der Waals surface area (Å²) in [7, 11) is 3.38. The highest BCUT2D eigenvalue weighted by atomic mass is 16.5. The Balaban J connectivity index is 1.96. The van der Waals surface area contributed by atoms with E-state index in [1.807, 2.05) is 43.6 Å². The van der Waals surface area contributed by atoms with Crippen LogP contribution in [0.1, 0.15) is 17.3 Å². The van der Waals surface area contributed by atoms with Crippen LogP contribution in [0.3, 0.4) is 0 Å². The number of carbonyl (C=O) groups excluding carboxylic acids is 1. The first-order chi connectivity index (χ1) is 14.1. The van der Waals surface area contributed by atoms with E-state index in [-0.39, 0.29) is 6.61 Å². The van der Waals surface area contributed by atoms with E-state index in [9.17, 15) is 4.79 Å². The standard InChI is InChI=1S/C22H20N4O3/c1-4-29-22(27)16-10-15-18(11-19(16)28-3)23-13-24-21(15)17-12-26(2)25-20(17)14-8-6-5-7-9-14/h5-13H,4H2,1-3H3. The minimum Gasteiger partial charge on any atom is -0.496 e. The van der Waals surface area contributed by atoms with Crippen LogP contribution in [-0.2, 0) is 11.8 Å². The molecule has 0 saturated heterocycles. The average Bonchev–Trinajstić information content (AvgIpc) is 3.14. The summed E-state index contributed by atoms with van der Waals surface area (Å²) >= 11 is 0. The van der Waals surface area contributed by atoms with Crippen molar-refractivity contribution in [2.24, 2.45) is 7.05 Å². The Morgan fingerprint density at radius 3 is 2.62 bits per heavy atom. The number of hydrogen-bond acceptors (Lipinski definition) is 6. The number of hydrogen-bond donors (Lipinski definition) is 0. The zero-order valence-corrected chi connectivity index (χ0v) is 16.4. The molecular formula is C22H20N4O3. The Morgan fingerprint density at radius 2 is 1.90 bits per heavy atom. The molecule has 0 aliphatic rings. The van der Waals surface area contributed by atoms with Crippen molar-refractivity contribution >= 4 is 16.9 Å². The molecule has 146 valence electrons. The van der Waals surface area contributed by atoms with E-state index >= 15 is 0 Å². The van der Waals surface area contributed by atoms with Crippen LogP contribution in [0.4, 0.5) is 0 Å². The fraction of sp³-hybridized carbons (Fsp3) is 0.182. The summed E-state index contributed by atoms with van der Waals surface area (Å²) in [6.07, 6.45) is 3.42. The third kappa shape index (κ3) is 3.42. The molecule has 0 radical (unpaired) electrons. The first-order valence-corrected chi connectivity index (χ1v) is 9.21. The smallest absolute Gasteiger partial charge is 0.341 e. The van der Waals surface area contributed by atoms with E-state index in [1.54, 1.807) is 23.7 Å². The lowest BCUT2D eigenvalue weighted by atomic mass is 10.0. The molecule has 0 aliphatic carbocycles. The molecule has 0 N–H and O–H groups in total. The number of rotatable bonds is 5. The van der Waals surface area contributed by atoms with Gasteiger partial charge in [-0.25, -0.2) is 14.8 Å². The normalized spacial score (nSPS) is 10.9. The van der Waals surface area contributed by atoms with E-state index in [0.717, 1.165) is 22.2 Å². The third-order valence-corrected chi connectivity index (χ3v) is 4.58. The number of esters is 1. The molecule has 0 fully saturated rings. The van der Waals surface area contributed by atoms with E-state index in [1.165, 1.54) is 13.4 Å². The summed E-state index contributed by atoms with van der Waals surface area (Å²) in [6, 6.07) is 13.4. The van der Waals surface area contributed by atoms with Crippen LogP contribution in [0.5, 0.6) is 5.75 Å². The molecule has 0 atom stereocenters. The van der Waals surface area contributed by atoms with Gasteiger partial charge in [-0.3, -0.25) is 4.68 Å². The molecule has 0 aliphatic heterocycles. The summed E-state index contributed by atoms with van der Waals surface area (Å²) in [5, 5.41) is 5.35. The minimum absolute atomic E-state index is 0.277. The van der Waals surface area contributed by atoms with Gasteiger partial charge in [-0.2, -0.15) is 5.10 Å². The van der Waals surface area contributed by atoms with E-state index in [4.69, 9.17) is 9.47 Å². The summed E-state index contributed by atoms with van der Waals surface area (Å²) in [5.41, 5.74) is 4.34. The third-order valence-electron chi connectivity index (χ3n) is 4.58. The number of aromatic nitrogens is 4. The van der Waals surface area contributed by atoms with Crippen LogP contribution in [-0.4, -0.2) is 39.4 Å². The molecule has 4 rings (SSSR count). The number of fused-ring (bicyclic) bond motifs is 1. The number of ether oxygens (including phenoxy) is 2. The number of benzene rings is 2. The Bertz CT molecular complexity index is 1190. The molecule has 0 spiro atoms. The fourth-order valence-corrected chi connectivity index (χ4v) is 3.31. The second kappa shape index (κ2) is 7.71. The van der Waals surface area contributed by atoms with Gasteiger partial charge in [-0.15, -0.1) is 0 Å². The topological polar surface area (TPSA) is 79.1 Å². The predicted octanol–water partition coefficient (Wildman–Crippen LogP) is 3.88. The predicted molar refractivity (Wildman–Crippen MR) is 110 cm³/mol. The van der Waals surface area contributed by atoms with Gasteiger partial charge in [0.05, 0.1) is 24.9 Å². The molecule has 4 aromatic rings. The van der Waals surface area contributed by atoms with Crippen molar-refractivity contribution in [3.63, 3.8) is 0 Å². The summed E-state index contributed by atoms with van der Waals surface area (Å²) < 4.78 is 12.3. The highest BCUT2D eigenvalue weighted by Gasteiger charge is 2.20. The first-order valence-electron chi connectivity index (χ1n) is 9.21. The average molecular weight is 388 g/mol. The SMILES string of the molecule is CCOC(=O)c1cc2c(-c3cn(C)nc3-c3ccccc3)ncnc2cc1OC. The maximum absolute atomic E-state index is 12.4. The molecule has 2 heterocycles. The molecule has 0 saturated carbocycles. The zero-order chi connectivity index (χ0) is 20.4. The number of carbonyl (C=O) groups is 1. The van der Waals surface area contributed by atoms with Gasteiger partial charge in [0.25, 0.3) is 0 Å². The molecule has 2 aromatic heterocycles. The van der Waals surface area contributed by atoms with Gasteiger partial charge in [0.2, 0.25) is 0 Å². The zero-order valence-electron chi connectivity index (χ0n) is 16.4. The Hall–Kier alpha value is -3.74. The molecule has 29 heavy (non-hydrogen) atoms. The van der Waals surface area contributed by atoms with E-state index < -0.39 is 5.97 Å². The Kier molecular flexibility index (Phi) is 4.95. The molecule has 7 heteroatoms. The van der Waals surface area contributed by atoms with Crippen molar-refractivity contribution in [1.29, 1.82) is 0 Å². The van der Waals surface area contributed by atoms with Crippen LogP contribution < -0.4 is 4.74 Å². The number of nitrogens with zero attached hydrogens (tertiary/aromatic N) is 4. The summed E-state index contributed by atoms with van der Waals surface area (Å²) in [6.45, 7) is 2.04. The molecule has 2 aromatic carbocycles. The Labute approximate surface area is 167 Å². The molecule has 0 amide bonds. The highest BCUT2D eigenvalue weighted by molar-refractivity contribution is 6.02. The van der Waals surface area contributed by atoms with Gasteiger partial charge in [0.15, 0.2) is 0 Å². The Morgan fingerprint density at radius 1 is 1.10 bits per heavy atom. The number of aryl methyl sites for hydroxylation is 1. The van der Waals surface area contributed by atoms with E-state index in [2.05, 4.69) is 15.1 Å². The van der Waals surface area contributed by atoms with Crippen molar-refractivity contribution in [1.82, 2.24) is 19.7 Å². The molecular weight excluding hydrogens is 368 g/mol. The quantitative estimate of drug-likeness (QED) is 0.483. The van der Waals surface area contributed by atoms with Gasteiger partial charge in [0, 0.05) is 35.8 Å². The summed E-state index contributed by atoms with van der Waals surface area (Å²) in [5.74, 6) is -0.0365. The van der Waals surface area contributed by atoms with Crippen LogP contribution in [0.15, 0.2) is 55.0 Å². The lowest BCUT2D eigenvalue weighted by Crippen LogP contribution is -2.07. The van der Waals surface area contributed by atoms with Crippen molar-refractivity contribution in [2.75, 3.05) is 13.7 Å². The van der Waals surface area contributed by atoms with Gasteiger partial charge in [-0.1, -0.05) is 30.3 Å².